The summed E-state index contributed by atoms with van der Waals surface area (Å²) in [5, 5.41) is 5.23. The van der Waals surface area contributed by atoms with Crippen LogP contribution < -0.4 is 10.9 Å². The van der Waals surface area contributed by atoms with Crippen molar-refractivity contribution < 1.29 is 9.59 Å². The van der Waals surface area contributed by atoms with Gasteiger partial charge in [0.1, 0.15) is 4.83 Å². The maximum Gasteiger partial charge on any atom is 0.263 e. The fourth-order valence-electron chi connectivity index (χ4n) is 4.62. The van der Waals surface area contributed by atoms with Crippen molar-refractivity contribution in [2.24, 2.45) is 0 Å². The predicted octanol–water partition coefficient (Wildman–Crippen LogP) is 5.41. The van der Waals surface area contributed by atoms with Crippen molar-refractivity contribution >= 4 is 38.9 Å². The molecule has 0 bridgehead atoms. The number of carbonyl (C=O) groups is 2. The van der Waals surface area contributed by atoms with E-state index in [-0.39, 0.29) is 17.2 Å². The van der Waals surface area contributed by atoms with Crippen LogP contribution in [-0.2, 0) is 17.6 Å². The highest BCUT2D eigenvalue weighted by Crippen LogP contribution is 2.33. The van der Waals surface area contributed by atoms with Crippen LogP contribution in [0.3, 0.4) is 0 Å². The second kappa shape index (κ2) is 8.99. The van der Waals surface area contributed by atoms with Gasteiger partial charge in [0.2, 0.25) is 5.91 Å². The zero-order valence-electron chi connectivity index (χ0n) is 19.1. The van der Waals surface area contributed by atoms with E-state index in [9.17, 15) is 14.4 Å². The molecule has 2 aromatic carbocycles. The van der Waals surface area contributed by atoms with Crippen LogP contribution in [0.25, 0.3) is 21.3 Å². The van der Waals surface area contributed by atoms with E-state index >= 15 is 0 Å². The van der Waals surface area contributed by atoms with Crippen molar-refractivity contribution in [3.05, 3.63) is 81.2 Å². The number of hydrogen-bond donors (Lipinski definition) is 1. The van der Waals surface area contributed by atoms with Gasteiger partial charge in [-0.05, 0) is 73.6 Å². The molecule has 1 amide bonds. The van der Waals surface area contributed by atoms with Gasteiger partial charge in [-0.15, -0.1) is 11.3 Å². The fraction of sp³-hybridized carbons (Fsp3) is 0.259. The number of thiophene rings is 1. The summed E-state index contributed by atoms with van der Waals surface area (Å²) in [5.41, 5.74) is 5.52. The number of Topliss-reactive ketones (excluding diaryl/α,β-unsaturated/α-hetero) is 1. The van der Waals surface area contributed by atoms with Crippen LogP contribution in [0.5, 0.6) is 0 Å². The molecule has 34 heavy (non-hydrogen) atoms. The second-order valence-electron chi connectivity index (χ2n) is 8.78. The monoisotopic (exact) mass is 471 g/mol. The smallest absolute Gasteiger partial charge is 0.263 e. The molecular weight excluding hydrogens is 446 g/mol. The molecule has 0 spiro atoms. The number of aromatic nitrogens is 2. The Morgan fingerprint density at radius 2 is 1.79 bits per heavy atom. The van der Waals surface area contributed by atoms with Gasteiger partial charge in [0, 0.05) is 29.1 Å². The van der Waals surface area contributed by atoms with E-state index in [1.54, 1.807) is 31.2 Å². The lowest BCUT2D eigenvalue weighted by atomic mass is 9.89. The van der Waals surface area contributed by atoms with Crippen LogP contribution in [0.15, 0.2) is 59.0 Å². The zero-order valence-corrected chi connectivity index (χ0v) is 19.9. The minimum atomic E-state index is -0.715. The van der Waals surface area contributed by atoms with Crippen molar-refractivity contribution in [3.8, 4) is 11.1 Å². The molecule has 7 heteroatoms. The van der Waals surface area contributed by atoms with E-state index in [4.69, 9.17) is 0 Å². The Bertz CT molecular complexity index is 1470. The molecule has 0 aliphatic heterocycles. The summed E-state index contributed by atoms with van der Waals surface area (Å²) in [6, 6.07) is 12.4. The number of fused-ring (bicyclic) bond motifs is 2. The average molecular weight is 472 g/mol. The van der Waals surface area contributed by atoms with Gasteiger partial charge in [-0.25, -0.2) is 4.98 Å². The Morgan fingerprint density at radius 3 is 2.53 bits per heavy atom. The largest absolute Gasteiger partial charge is 0.326 e. The van der Waals surface area contributed by atoms with Crippen LogP contribution in [0, 0.1) is 0 Å². The Morgan fingerprint density at radius 1 is 1.06 bits per heavy atom. The number of nitrogens with one attached hydrogen (secondary N) is 1. The minimum absolute atomic E-state index is 0.177. The lowest BCUT2D eigenvalue weighted by Gasteiger charge is -2.17. The summed E-state index contributed by atoms with van der Waals surface area (Å²) in [6.45, 7) is 3.14. The molecule has 0 saturated heterocycles. The van der Waals surface area contributed by atoms with E-state index in [1.165, 1.54) is 53.1 Å². The highest BCUT2D eigenvalue weighted by Gasteiger charge is 2.22. The molecule has 1 atom stereocenters. The molecule has 1 aliphatic carbocycles. The van der Waals surface area contributed by atoms with Crippen molar-refractivity contribution in [1.82, 2.24) is 9.55 Å². The van der Waals surface area contributed by atoms with Crippen LogP contribution in [0.4, 0.5) is 5.69 Å². The van der Waals surface area contributed by atoms with Gasteiger partial charge in [-0.2, -0.15) is 0 Å². The number of hydrogen-bond acceptors (Lipinski definition) is 5. The van der Waals surface area contributed by atoms with Gasteiger partial charge in [-0.1, -0.05) is 18.2 Å². The molecule has 0 saturated carbocycles. The number of aryl methyl sites for hydroxylation is 2. The number of carbonyl (C=O) groups excluding carboxylic acids is 2. The highest BCUT2D eigenvalue weighted by molar-refractivity contribution is 7.17. The molecule has 2 aromatic heterocycles. The third kappa shape index (κ3) is 4.07. The third-order valence-corrected chi connectivity index (χ3v) is 7.35. The minimum Gasteiger partial charge on any atom is -0.326 e. The summed E-state index contributed by atoms with van der Waals surface area (Å²) in [7, 11) is 0. The van der Waals surface area contributed by atoms with Crippen molar-refractivity contribution in [1.29, 1.82) is 0 Å². The van der Waals surface area contributed by atoms with Gasteiger partial charge in [-0.3, -0.25) is 19.0 Å². The fourth-order valence-corrected chi connectivity index (χ4v) is 5.53. The van der Waals surface area contributed by atoms with Crippen molar-refractivity contribution in [2.45, 2.75) is 45.6 Å². The number of ketones is 1. The summed E-state index contributed by atoms with van der Waals surface area (Å²) < 4.78 is 1.42. The van der Waals surface area contributed by atoms with E-state index in [0.717, 1.165) is 24.0 Å². The summed E-state index contributed by atoms with van der Waals surface area (Å²) in [6.07, 6.45) is 6.07. The SMILES string of the molecule is CC(=O)Nc1ccc(C(=O)C(C)n2cnc3scc(-c4ccc5c(c4)CCCC5)c3c2=O)cc1. The molecule has 2 heterocycles. The van der Waals surface area contributed by atoms with Crippen molar-refractivity contribution in [3.63, 3.8) is 0 Å². The Balaban J connectivity index is 1.50. The quantitative estimate of drug-likeness (QED) is 0.395. The molecule has 0 fully saturated rings. The topological polar surface area (TPSA) is 81.1 Å². The Labute approximate surface area is 201 Å². The van der Waals surface area contributed by atoms with E-state index < -0.39 is 6.04 Å². The first kappa shape index (κ1) is 22.2. The van der Waals surface area contributed by atoms with Gasteiger partial charge < -0.3 is 5.32 Å². The van der Waals surface area contributed by atoms with Crippen LogP contribution >= 0.6 is 11.3 Å². The zero-order chi connectivity index (χ0) is 23.8. The van der Waals surface area contributed by atoms with Gasteiger partial charge in [0.25, 0.3) is 5.56 Å². The first-order chi connectivity index (χ1) is 16.4. The number of anilines is 1. The maximum absolute atomic E-state index is 13.6. The molecule has 1 unspecified atom stereocenters. The van der Waals surface area contributed by atoms with E-state index in [2.05, 4.69) is 28.5 Å². The van der Waals surface area contributed by atoms with Gasteiger partial charge in [0.15, 0.2) is 5.78 Å². The molecule has 6 nitrogen and oxygen atoms in total. The molecule has 0 radical (unpaired) electrons. The average Bonchev–Trinajstić information content (AvgIpc) is 3.28. The van der Waals surface area contributed by atoms with E-state index in [1.807, 2.05) is 5.38 Å². The Kier molecular flexibility index (Phi) is 5.87. The lowest BCUT2D eigenvalue weighted by molar-refractivity contribution is -0.114. The first-order valence-electron chi connectivity index (χ1n) is 11.4. The maximum atomic E-state index is 13.6. The van der Waals surface area contributed by atoms with Gasteiger partial charge in [0.05, 0.1) is 17.8 Å². The molecule has 1 N–H and O–H groups in total. The first-order valence-corrected chi connectivity index (χ1v) is 12.3. The normalized spacial score (nSPS) is 13.9. The Hall–Kier alpha value is -3.58. The summed E-state index contributed by atoms with van der Waals surface area (Å²) in [4.78, 5) is 43.1. The molecular formula is C27H25N3O3S. The van der Waals surface area contributed by atoms with Crippen LogP contribution in [0.2, 0.25) is 0 Å². The van der Waals surface area contributed by atoms with E-state index in [0.29, 0.717) is 21.5 Å². The number of rotatable bonds is 5. The van der Waals surface area contributed by atoms with Crippen LogP contribution in [0.1, 0.15) is 54.2 Å². The summed E-state index contributed by atoms with van der Waals surface area (Å²) >= 11 is 1.45. The summed E-state index contributed by atoms with van der Waals surface area (Å²) in [5.74, 6) is -0.368. The highest BCUT2D eigenvalue weighted by atomic mass is 32.1. The third-order valence-electron chi connectivity index (χ3n) is 6.47. The predicted molar refractivity (Wildman–Crippen MR) is 136 cm³/mol. The molecule has 4 aromatic rings. The molecule has 5 rings (SSSR count). The lowest BCUT2D eigenvalue weighted by Crippen LogP contribution is -2.28. The number of amides is 1. The standard InChI is InChI=1S/C27H25N3O3S/c1-16(25(32)19-9-11-22(12-10-19)29-17(2)31)30-15-28-26-24(27(30)33)23(14-34-26)21-8-7-18-5-3-4-6-20(18)13-21/h7-16H,3-6H2,1-2H3,(H,29,31). The number of benzene rings is 2. The number of nitrogens with zero attached hydrogens (tertiary/aromatic N) is 2. The van der Waals surface area contributed by atoms with Crippen molar-refractivity contribution in [2.75, 3.05) is 5.32 Å². The van der Waals surface area contributed by atoms with Crippen LogP contribution in [-0.4, -0.2) is 21.2 Å². The van der Waals surface area contributed by atoms with Gasteiger partial charge >= 0.3 is 0 Å². The molecule has 172 valence electrons. The second-order valence-corrected chi connectivity index (χ2v) is 9.63. The molecule has 1 aliphatic rings.